The average molecular weight is 405 g/mol. The second kappa shape index (κ2) is 7.21. The number of aliphatic imine (C=N–C) groups is 1. The van der Waals surface area contributed by atoms with E-state index in [1.54, 1.807) is 18.2 Å². The van der Waals surface area contributed by atoms with Crippen molar-refractivity contribution in [3.63, 3.8) is 0 Å². The number of carbonyl (C=O) groups is 1. The number of nitro benzene ring substituents is 1. The molecule has 1 aliphatic rings. The van der Waals surface area contributed by atoms with Gasteiger partial charge in [-0.05, 0) is 36.0 Å². The molecule has 1 heterocycles. The van der Waals surface area contributed by atoms with Gasteiger partial charge in [-0.1, -0.05) is 18.2 Å². The summed E-state index contributed by atoms with van der Waals surface area (Å²) < 4.78 is 30.1. The van der Waals surface area contributed by atoms with Crippen molar-refractivity contribution < 1.29 is 22.3 Å². The molecule has 27 heavy (non-hydrogen) atoms. The predicted molar refractivity (Wildman–Crippen MR) is 99.5 cm³/mol. The number of amides is 1. The molecule has 3 rings (SSSR count). The molecular weight excluding hydrogens is 394 g/mol. The van der Waals surface area contributed by atoms with Crippen LogP contribution in [0.15, 0.2) is 63.3 Å². The molecule has 0 fully saturated rings. The van der Waals surface area contributed by atoms with Gasteiger partial charge >= 0.3 is 10.1 Å². The summed E-state index contributed by atoms with van der Waals surface area (Å²) in [6, 6.07) is 10.5. The molecule has 0 radical (unpaired) electrons. The van der Waals surface area contributed by atoms with Crippen LogP contribution >= 0.6 is 11.8 Å². The summed E-state index contributed by atoms with van der Waals surface area (Å²) in [5.41, 5.74) is 5.59. The van der Waals surface area contributed by atoms with Crippen LogP contribution in [0.1, 0.15) is 5.56 Å². The Morgan fingerprint density at radius 2 is 1.81 bits per heavy atom. The maximum absolute atomic E-state index is 12.5. The Morgan fingerprint density at radius 1 is 1.15 bits per heavy atom. The van der Waals surface area contributed by atoms with E-state index in [0.29, 0.717) is 5.56 Å². The van der Waals surface area contributed by atoms with Crippen molar-refractivity contribution in [2.45, 2.75) is 4.90 Å². The van der Waals surface area contributed by atoms with Gasteiger partial charge in [0.1, 0.15) is 10.6 Å². The maximum atomic E-state index is 12.5. The first kappa shape index (κ1) is 18.6. The summed E-state index contributed by atoms with van der Waals surface area (Å²) in [4.78, 5) is 25.3. The molecule has 1 aliphatic heterocycles. The summed E-state index contributed by atoms with van der Waals surface area (Å²) in [5, 5.41) is 10.8. The van der Waals surface area contributed by atoms with Gasteiger partial charge in [-0.15, -0.1) is 0 Å². The number of carbonyl (C=O) groups excluding carboxylic acids is 1. The molecule has 2 aromatic carbocycles. The van der Waals surface area contributed by atoms with Crippen LogP contribution in [0.5, 0.6) is 5.75 Å². The minimum absolute atomic E-state index is 0.0118. The van der Waals surface area contributed by atoms with E-state index in [2.05, 4.69) is 4.99 Å². The fourth-order valence-corrected chi connectivity index (χ4v) is 3.77. The van der Waals surface area contributed by atoms with Crippen LogP contribution in [-0.4, -0.2) is 24.4 Å². The fourth-order valence-electron chi connectivity index (χ4n) is 2.14. The van der Waals surface area contributed by atoms with E-state index in [1.165, 1.54) is 12.1 Å². The van der Waals surface area contributed by atoms with E-state index < -0.39 is 20.9 Å². The largest absolute Gasteiger partial charge is 0.378 e. The summed E-state index contributed by atoms with van der Waals surface area (Å²) in [5.74, 6) is -0.534. The minimum Gasteiger partial charge on any atom is -0.378 e. The van der Waals surface area contributed by atoms with E-state index in [0.717, 1.165) is 36.0 Å². The Balaban J connectivity index is 1.91. The smallest absolute Gasteiger partial charge is 0.339 e. The lowest BCUT2D eigenvalue weighted by molar-refractivity contribution is -0.384. The van der Waals surface area contributed by atoms with Gasteiger partial charge in [0, 0.05) is 17.7 Å². The average Bonchev–Trinajstić information content (AvgIpc) is 2.93. The van der Waals surface area contributed by atoms with Gasteiger partial charge in [-0.25, -0.2) is 0 Å². The number of nitrogens with two attached hydrogens (primary N) is 1. The lowest BCUT2D eigenvalue weighted by Crippen LogP contribution is -2.10. The lowest BCUT2D eigenvalue weighted by Gasteiger charge is -2.09. The number of non-ortho nitro benzene ring substituents is 1. The number of thioether (sulfide) groups is 1. The Morgan fingerprint density at radius 3 is 2.41 bits per heavy atom. The molecule has 9 nitrogen and oxygen atoms in total. The molecule has 2 aromatic rings. The zero-order chi connectivity index (χ0) is 19.6. The Hall–Kier alpha value is -3.18. The summed E-state index contributed by atoms with van der Waals surface area (Å²) >= 11 is 0.966. The standard InChI is InChI=1S/C16H11N3O6S2/c17-16-18-15(20)14(26-16)9-10-3-1-2-4-13(10)25-27(23,24)12-7-5-11(6-8-12)19(21)22/h1-9H,(H2,17,18,20)/b14-9-. The normalized spacial score (nSPS) is 15.6. The molecule has 138 valence electrons. The number of nitrogens with zero attached hydrogens (tertiary/aromatic N) is 2. The monoisotopic (exact) mass is 405 g/mol. The second-order valence-corrected chi connectivity index (χ2v) is 7.80. The molecule has 2 N–H and O–H groups in total. The Labute approximate surface area is 157 Å². The molecule has 0 aliphatic carbocycles. The molecule has 1 amide bonds. The zero-order valence-corrected chi connectivity index (χ0v) is 15.1. The molecular formula is C16H11N3O6S2. The second-order valence-electron chi connectivity index (χ2n) is 5.19. The quantitative estimate of drug-likeness (QED) is 0.345. The summed E-state index contributed by atoms with van der Waals surface area (Å²) in [6.45, 7) is 0. The molecule has 11 heteroatoms. The SMILES string of the molecule is NC1=NC(=O)/C(=C/c2ccccc2OS(=O)(=O)c2ccc([N+](=O)[O-])cc2)S1. The number of hydrogen-bond acceptors (Lipinski definition) is 8. The highest BCUT2D eigenvalue weighted by Crippen LogP contribution is 2.31. The Bertz CT molecular complexity index is 1090. The number of benzene rings is 2. The number of para-hydroxylation sites is 1. The van der Waals surface area contributed by atoms with Crippen molar-refractivity contribution in [1.29, 1.82) is 0 Å². The fraction of sp³-hybridized carbons (Fsp3) is 0. The van der Waals surface area contributed by atoms with Gasteiger partial charge in [0.2, 0.25) is 0 Å². The van der Waals surface area contributed by atoms with Crippen molar-refractivity contribution >= 4 is 44.7 Å². The third kappa shape index (κ3) is 4.15. The Kier molecular flexibility index (Phi) is 4.97. The molecule has 0 spiro atoms. The number of rotatable bonds is 5. The van der Waals surface area contributed by atoms with Gasteiger partial charge < -0.3 is 9.92 Å². The van der Waals surface area contributed by atoms with E-state index in [9.17, 15) is 23.3 Å². The van der Waals surface area contributed by atoms with Crippen molar-refractivity contribution in [2.75, 3.05) is 0 Å². The number of amidine groups is 1. The first-order valence-corrected chi connectivity index (χ1v) is 9.55. The highest BCUT2D eigenvalue weighted by Gasteiger charge is 2.22. The van der Waals surface area contributed by atoms with Crippen LogP contribution < -0.4 is 9.92 Å². The molecule has 0 saturated carbocycles. The minimum atomic E-state index is -4.23. The van der Waals surface area contributed by atoms with Crippen molar-refractivity contribution in [3.05, 3.63) is 69.1 Å². The highest BCUT2D eigenvalue weighted by atomic mass is 32.2. The molecule has 0 bridgehead atoms. The molecule has 0 saturated heterocycles. The van der Waals surface area contributed by atoms with Crippen LogP contribution in [0.25, 0.3) is 6.08 Å². The zero-order valence-electron chi connectivity index (χ0n) is 13.4. The highest BCUT2D eigenvalue weighted by molar-refractivity contribution is 8.18. The topological polar surface area (TPSA) is 142 Å². The van der Waals surface area contributed by atoms with E-state index >= 15 is 0 Å². The van der Waals surface area contributed by atoms with Gasteiger partial charge in [-0.2, -0.15) is 13.4 Å². The molecule has 0 atom stereocenters. The van der Waals surface area contributed by atoms with Crippen molar-refractivity contribution in [1.82, 2.24) is 0 Å². The van der Waals surface area contributed by atoms with Crippen LogP contribution in [-0.2, 0) is 14.9 Å². The number of hydrogen-bond donors (Lipinski definition) is 1. The van der Waals surface area contributed by atoms with Crippen LogP contribution in [0.4, 0.5) is 5.69 Å². The van der Waals surface area contributed by atoms with E-state index in [1.807, 2.05) is 0 Å². The maximum Gasteiger partial charge on any atom is 0.339 e. The molecule has 0 aromatic heterocycles. The third-order valence-corrected chi connectivity index (χ3v) is 5.44. The first-order valence-electron chi connectivity index (χ1n) is 7.32. The summed E-state index contributed by atoms with van der Waals surface area (Å²) in [7, 11) is -4.23. The van der Waals surface area contributed by atoms with Crippen LogP contribution in [0.2, 0.25) is 0 Å². The number of nitro groups is 1. The summed E-state index contributed by atoms with van der Waals surface area (Å²) in [6.07, 6.45) is 1.43. The lowest BCUT2D eigenvalue weighted by atomic mass is 10.2. The van der Waals surface area contributed by atoms with Gasteiger partial charge in [0.15, 0.2) is 5.17 Å². The molecule has 0 unspecified atom stereocenters. The third-order valence-electron chi connectivity index (χ3n) is 3.38. The van der Waals surface area contributed by atoms with Crippen molar-refractivity contribution in [2.24, 2.45) is 10.7 Å². The van der Waals surface area contributed by atoms with Gasteiger partial charge in [0.25, 0.3) is 11.6 Å². The van der Waals surface area contributed by atoms with E-state index in [4.69, 9.17) is 9.92 Å². The van der Waals surface area contributed by atoms with Crippen LogP contribution in [0.3, 0.4) is 0 Å². The first-order chi connectivity index (χ1) is 12.8. The van der Waals surface area contributed by atoms with Gasteiger partial charge in [-0.3, -0.25) is 14.9 Å². The predicted octanol–water partition coefficient (Wildman–Crippen LogP) is 2.29. The van der Waals surface area contributed by atoms with Crippen LogP contribution in [0, 0.1) is 10.1 Å². The van der Waals surface area contributed by atoms with E-state index in [-0.39, 0.29) is 26.4 Å². The van der Waals surface area contributed by atoms with Gasteiger partial charge in [0.05, 0.1) is 9.83 Å². The van der Waals surface area contributed by atoms with Crippen molar-refractivity contribution in [3.8, 4) is 5.75 Å².